The van der Waals surface area contributed by atoms with Crippen molar-refractivity contribution >= 4 is 18.9 Å². The Morgan fingerprint density at radius 1 is 1.15 bits per heavy atom. The van der Waals surface area contributed by atoms with Crippen molar-refractivity contribution in [3.63, 3.8) is 0 Å². The highest BCUT2D eigenvalue weighted by molar-refractivity contribution is 8.27. The molecule has 1 heterocycles. The molecule has 0 spiro atoms. The van der Waals surface area contributed by atoms with E-state index in [1.54, 1.807) is 0 Å². The van der Waals surface area contributed by atoms with Crippen LogP contribution < -0.4 is 0 Å². The lowest BCUT2D eigenvalue weighted by atomic mass is 10.5. The number of hydrogen-bond acceptors (Lipinski definition) is 3. The lowest BCUT2D eigenvalue weighted by Crippen LogP contribution is -2.36. The fraction of sp³-hybridized carbons (Fsp3) is 1.00. The molecule has 0 aromatic carbocycles. The second-order valence-electron chi connectivity index (χ2n) is 3.33. The van der Waals surface area contributed by atoms with E-state index in [4.69, 9.17) is 8.85 Å². The molecule has 2 nitrogen and oxygen atoms in total. The van der Waals surface area contributed by atoms with Crippen molar-refractivity contribution in [3.8, 4) is 0 Å². The maximum atomic E-state index is 5.92. The van der Waals surface area contributed by atoms with E-state index in [2.05, 4.69) is 13.8 Å². The molecule has 13 heavy (non-hydrogen) atoms. The van der Waals surface area contributed by atoms with Crippen LogP contribution in [-0.4, -0.2) is 26.7 Å². The summed E-state index contributed by atoms with van der Waals surface area (Å²) in [5.41, 5.74) is 0. The molecule has 78 valence electrons. The van der Waals surface area contributed by atoms with Crippen LogP contribution in [0.1, 0.15) is 33.1 Å². The van der Waals surface area contributed by atoms with E-state index in [1.165, 1.54) is 18.2 Å². The Hall–Kier alpha value is 0.487. The number of rotatable bonds is 6. The summed E-state index contributed by atoms with van der Waals surface area (Å²) < 4.78 is 11.8. The average molecular weight is 220 g/mol. The Morgan fingerprint density at radius 2 is 1.77 bits per heavy atom. The van der Waals surface area contributed by atoms with Crippen molar-refractivity contribution < 1.29 is 8.85 Å². The van der Waals surface area contributed by atoms with Gasteiger partial charge < -0.3 is 8.85 Å². The van der Waals surface area contributed by atoms with Gasteiger partial charge in [0.1, 0.15) is 0 Å². The molecule has 1 aliphatic rings. The molecular formula is C9H20O2SSi. The van der Waals surface area contributed by atoms with Crippen molar-refractivity contribution in [1.82, 2.24) is 0 Å². The molecule has 1 saturated heterocycles. The maximum Gasteiger partial charge on any atom is 0.406 e. The van der Waals surface area contributed by atoms with Crippen LogP contribution in [0.15, 0.2) is 0 Å². The summed E-state index contributed by atoms with van der Waals surface area (Å²) in [6.07, 6.45) is 3.49. The highest BCUT2D eigenvalue weighted by Crippen LogP contribution is 2.36. The smallest absolute Gasteiger partial charge is 0.387 e. The van der Waals surface area contributed by atoms with Gasteiger partial charge in [0.25, 0.3) is 0 Å². The molecule has 0 aromatic rings. The third-order valence-electron chi connectivity index (χ3n) is 2.00. The minimum atomic E-state index is -1.76. The van der Waals surface area contributed by atoms with Crippen molar-refractivity contribution in [3.05, 3.63) is 0 Å². The number of hydrogen-bond donors (Lipinski definition) is 0. The summed E-state index contributed by atoms with van der Waals surface area (Å²) in [5, 5.41) is 0. The predicted octanol–water partition coefficient (Wildman–Crippen LogP) is 2.92. The van der Waals surface area contributed by atoms with Crippen molar-refractivity contribution in [2.45, 2.75) is 39.2 Å². The van der Waals surface area contributed by atoms with Crippen LogP contribution in [0, 0.1) is 0 Å². The monoisotopic (exact) mass is 220 g/mol. The van der Waals surface area contributed by atoms with E-state index in [9.17, 15) is 0 Å². The molecule has 0 saturated carbocycles. The van der Waals surface area contributed by atoms with Gasteiger partial charge in [-0.05, 0) is 25.0 Å². The van der Waals surface area contributed by atoms with Gasteiger partial charge in [0.15, 0.2) is 0 Å². The summed E-state index contributed by atoms with van der Waals surface area (Å²) in [6.45, 7) is 6.06. The fourth-order valence-electron chi connectivity index (χ4n) is 1.37. The third-order valence-corrected chi connectivity index (χ3v) is 8.44. The largest absolute Gasteiger partial charge is 0.406 e. The van der Waals surface area contributed by atoms with Gasteiger partial charge in [-0.15, -0.1) is 11.2 Å². The molecule has 0 unspecified atom stereocenters. The van der Waals surface area contributed by atoms with Gasteiger partial charge in [-0.25, -0.2) is 0 Å². The molecule has 0 bridgehead atoms. The van der Waals surface area contributed by atoms with Crippen molar-refractivity contribution in [2.75, 3.05) is 19.0 Å². The SMILES string of the molecule is CCCO[Si]1(OCCC)CCCS1. The average Bonchev–Trinajstić information content (AvgIpc) is 2.61. The van der Waals surface area contributed by atoms with Crippen molar-refractivity contribution in [1.29, 1.82) is 0 Å². The standard InChI is InChI=1S/C9H20O2SSi/c1-3-6-10-13(11-7-4-2)9-5-8-12-13/h3-9H2,1-2H3. The molecule has 0 radical (unpaired) electrons. The first kappa shape index (κ1) is 11.6. The van der Waals surface area contributed by atoms with Crippen LogP contribution in [0.4, 0.5) is 0 Å². The zero-order valence-electron chi connectivity index (χ0n) is 8.67. The van der Waals surface area contributed by atoms with Crippen LogP contribution in [0.2, 0.25) is 6.04 Å². The van der Waals surface area contributed by atoms with Gasteiger partial charge in [0.05, 0.1) is 0 Å². The van der Waals surface area contributed by atoms with E-state index in [0.29, 0.717) is 0 Å². The zero-order chi connectivity index (χ0) is 9.57. The van der Waals surface area contributed by atoms with E-state index < -0.39 is 7.71 Å². The van der Waals surface area contributed by atoms with E-state index in [1.807, 2.05) is 11.2 Å². The summed E-state index contributed by atoms with van der Waals surface area (Å²) in [6, 6.07) is 1.19. The van der Waals surface area contributed by atoms with Gasteiger partial charge >= 0.3 is 7.71 Å². The van der Waals surface area contributed by atoms with Crippen LogP contribution in [0.5, 0.6) is 0 Å². The zero-order valence-corrected chi connectivity index (χ0v) is 10.5. The van der Waals surface area contributed by atoms with Crippen LogP contribution in [0.3, 0.4) is 0 Å². The predicted molar refractivity (Wildman–Crippen MR) is 60.1 cm³/mol. The van der Waals surface area contributed by atoms with Gasteiger partial charge in [0.2, 0.25) is 0 Å². The highest BCUT2D eigenvalue weighted by Gasteiger charge is 2.42. The van der Waals surface area contributed by atoms with Crippen LogP contribution >= 0.6 is 11.2 Å². The Bertz CT molecular complexity index is 128. The first-order valence-corrected chi connectivity index (χ1v) is 8.98. The molecule has 0 atom stereocenters. The quantitative estimate of drug-likeness (QED) is 0.641. The third kappa shape index (κ3) is 3.62. The summed E-state index contributed by atoms with van der Waals surface area (Å²) in [4.78, 5) is 0. The summed E-state index contributed by atoms with van der Waals surface area (Å²) >= 11 is 1.96. The molecule has 4 heteroatoms. The highest BCUT2D eigenvalue weighted by atomic mass is 32.4. The lowest BCUT2D eigenvalue weighted by molar-refractivity contribution is 0.190. The summed E-state index contributed by atoms with van der Waals surface area (Å²) in [7, 11) is -1.76. The van der Waals surface area contributed by atoms with Gasteiger partial charge in [0, 0.05) is 19.3 Å². The Balaban J connectivity index is 2.33. The topological polar surface area (TPSA) is 18.5 Å². The second kappa shape index (κ2) is 6.06. The molecule has 0 aliphatic carbocycles. The molecule has 1 fully saturated rings. The summed E-state index contributed by atoms with van der Waals surface area (Å²) in [5.74, 6) is 1.24. The minimum absolute atomic E-state index is 0.878. The Kier molecular flexibility index (Phi) is 5.39. The molecule has 0 aromatic heterocycles. The van der Waals surface area contributed by atoms with Gasteiger partial charge in [-0.3, -0.25) is 0 Å². The lowest BCUT2D eigenvalue weighted by Gasteiger charge is -2.24. The molecule has 0 N–H and O–H groups in total. The maximum absolute atomic E-state index is 5.92. The van der Waals surface area contributed by atoms with Crippen LogP contribution in [0.25, 0.3) is 0 Å². The Morgan fingerprint density at radius 3 is 2.15 bits per heavy atom. The first-order chi connectivity index (χ1) is 6.33. The molecule has 0 amide bonds. The fourth-order valence-corrected chi connectivity index (χ4v) is 7.78. The normalized spacial score (nSPS) is 20.8. The van der Waals surface area contributed by atoms with Gasteiger partial charge in [-0.1, -0.05) is 13.8 Å². The first-order valence-electron chi connectivity index (χ1n) is 5.25. The molecular weight excluding hydrogens is 200 g/mol. The van der Waals surface area contributed by atoms with Crippen LogP contribution in [-0.2, 0) is 8.85 Å². The van der Waals surface area contributed by atoms with Crippen molar-refractivity contribution in [2.24, 2.45) is 0 Å². The second-order valence-corrected chi connectivity index (χ2v) is 9.20. The van der Waals surface area contributed by atoms with E-state index >= 15 is 0 Å². The molecule has 1 aliphatic heterocycles. The van der Waals surface area contributed by atoms with Gasteiger partial charge in [-0.2, -0.15) is 0 Å². The van der Waals surface area contributed by atoms with E-state index in [0.717, 1.165) is 26.1 Å². The molecule has 1 rings (SSSR count). The van der Waals surface area contributed by atoms with E-state index in [-0.39, 0.29) is 0 Å². The minimum Gasteiger partial charge on any atom is -0.387 e. The Labute approximate surface area is 86.3 Å².